The second kappa shape index (κ2) is 15.2. The average Bonchev–Trinajstić information content (AvgIpc) is 3.81. The minimum absolute atomic E-state index is 0.0295. The molecule has 1 aliphatic rings. The van der Waals surface area contributed by atoms with E-state index in [2.05, 4.69) is 239 Å². The van der Waals surface area contributed by atoms with Crippen LogP contribution in [-0.2, 0) is 21.7 Å². The largest absolute Gasteiger partial charge is 0.457 e. The summed E-state index contributed by atoms with van der Waals surface area (Å²) in [5.41, 5.74) is 11.8. The van der Waals surface area contributed by atoms with Crippen LogP contribution in [0.5, 0.6) is 11.5 Å². The highest BCUT2D eigenvalue weighted by molar-refractivity contribution is 6.10. The number of allylic oxidation sites excluding steroid dienone is 1. The fourth-order valence-electron chi connectivity index (χ4n) is 8.71. The van der Waals surface area contributed by atoms with Crippen molar-refractivity contribution in [1.29, 1.82) is 0 Å². The Morgan fingerprint density at radius 3 is 1.81 bits per heavy atom. The van der Waals surface area contributed by atoms with Crippen molar-refractivity contribution >= 4 is 33.2 Å². The van der Waals surface area contributed by atoms with Crippen LogP contribution in [0, 0.1) is 5.41 Å². The number of aromatic nitrogens is 2. The van der Waals surface area contributed by atoms with Crippen LogP contribution in [0.25, 0.3) is 27.6 Å². The molecule has 62 heavy (non-hydrogen) atoms. The summed E-state index contributed by atoms with van der Waals surface area (Å²) in [6.07, 6.45) is 4.29. The zero-order valence-electron chi connectivity index (χ0n) is 39.6. The predicted octanol–water partition coefficient (Wildman–Crippen LogP) is 15.4. The molecule has 0 unspecified atom stereocenters. The summed E-state index contributed by atoms with van der Waals surface area (Å²) >= 11 is 0. The van der Waals surface area contributed by atoms with Gasteiger partial charge in [-0.25, -0.2) is 4.98 Å². The summed E-state index contributed by atoms with van der Waals surface area (Å²) in [7, 11) is 0. The van der Waals surface area contributed by atoms with E-state index in [0.29, 0.717) is 6.67 Å². The third-order valence-electron chi connectivity index (χ3n) is 12.8. The fraction of sp³-hybridized carbons (Fsp3) is 0.351. The number of rotatable bonds is 7. The molecular formula is C57H66N4O. The zero-order valence-corrected chi connectivity index (χ0v) is 39.6. The molecule has 5 nitrogen and oxygen atoms in total. The van der Waals surface area contributed by atoms with Crippen molar-refractivity contribution in [2.75, 3.05) is 16.5 Å². The Balaban J connectivity index is 1.24. The third-order valence-corrected chi connectivity index (χ3v) is 12.8. The van der Waals surface area contributed by atoms with Crippen LogP contribution in [0.15, 0.2) is 139 Å². The van der Waals surface area contributed by atoms with Crippen molar-refractivity contribution in [1.82, 2.24) is 9.55 Å². The van der Waals surface area contributed by atoms with E-state index >= 15 is 0 Å². The van der Waals surface area contributed by atoms with E-state index in [1.165, 1.54) is 44.6 Å². The van der Waals surface area contributed by atoms with E-state index < -0.39 is 0 Å². The highest BCUT2D eigenvalue weighted by Crippen LogP contribution is 2.44. The molecule has 7 aromatic rings. The lowest BCUT2D eigenvalue weighted by atomic mass is 9.78. The van der Waals surface area contributed by atoms with Crippen molar-refractivity contribution in [3.63, 3.8) is 0 Å². The Labute approximate surface area is 371 Å². The first-order valence-corrected chi connectivity index (χ1v) is 22.3. The van der Waals surface area contributed by atoms with Crippen molar-refractivity contribution < 1.29 is 4.74 Å². The fourth-order valence-corrected chi connectivity index (χ4v) is 8.71. The lowest BCUT2D eigenvalue weighted by molar-refractivity contribution is 0.477. The monoisotopic (exact) mass is 823 g/mol. The number of fused-ring (bicyclic) bond motifs is 3. The molecule has 5 aromatic carbocycles. The highest BCUT2D eigenvalue weighted by atomic mass is 16.5. The molecule has 2 aromatic heterocycles. The quantitative estimate of drug-likeness (QED) is 0.160. The normalized spacial score (nSPS) is 14.3. The van der Waals surface area contributed by atoms with Crippen LogP contribution in [0.2, 0.25) is 0 Å². The molecule has 0 amide bonds. The first-order chi connectivity index (χ1) is 29.0. The van der Waals surface area contributed by atoms with Crippen LogP contribution in [0.1, 0.15) is 125 Å². The lowest BCUT2D eigenvalue weighted by Gasteiger charge is -2.32. The number of hydrogen-bond acceptors (Lipinski definition) is 4. The van der Waals surface area contributed by atoms with Gasteiger partial charge in [0.1, 0.15) is 17.3 Å². The number of ether oxygens (including phenoxy) is 1. The number of benzene rings is 5. The van der Waals surface area contributed by atoms with Crippen molar-refractivity contribution in [3.8, 4) is 17.3 Å². The SMILES string of the molecule is CC(C)(C)C1=CN(c2cccc(C(C)(C)C)c2)CN1c1cc(Oc2ccc3c4cc(C(C)(C)c5ccccc5)ccc4n(-c4cc(C(C)(C)C)ccn4)c3c2)cc(C(C)(C)C)c1. The summed E-state index contributed by atoms with van der Waals surface area (Å²) < 4.78 is 9.33. The van der Waals surface area contributed by atoms with E-state index in [1.54, 1.807) is 0 Å². The van der Waals surface area contributed by atoms with Gasteiger partial charge in [0.25, 0.3) is 0 Å². The van der Waals surface area contributed by atoms with Gasteiger partial charge in [0.15, 0.2) is 0 Å². The Hall–Kier alpha value is -5.81. The predicted molar refractivity (Wildman–Crippen MR) is 264 cm³/mol. The molecule has 1 aliphatic heterocycles. The number of anilines is 2. The van der Waals surface area contributed by atoms with Gasteiger partial charge < -0.3 is 14.5 Å². The number of pyridine rings is 1. The molecule has 5 heteroatoms. The van der Waals surface area contributed by atoms with Crippen molar-refractivity contribution in [3.05, 3.63) is 167 Å². The molecule has 0 bridgehead atoms. The topological polar surface area (TPSA) is 33.5 Å². The maximum Gasteiger partial charge on any atom is 0.137 e. The molecular weight excluding hydrogens is 757 g/mol. The molecule has 3 heterocycles. The van der Waals surface area contributed by atoms with Crippen LogP contribution in [-0.4, -0.2) is 16.2 Å². The molecule has 0 spiro atoms. The molecule has 0 saturated heterocycles. The van der Waals surface area contributed by atoms with Crippen molar-refractivity contribution in [2.45, 2.75) is 119 Å². The second-order valence-corrected chi connectivity index (χ2v) is 22.1. The van der Waals surface area contributed by atoms with Crippen LogP contribution in [0.4, 0.5) is 11.4 Å². The van der Waals surface area contributed by atoms with Gasteiger partial charge in [-0.05, 0) is 105 Å². The second-order valence-electron chi connectivity index (χ2n) is 22.1. The maximum absolute atomic E-state index is 7.02. The molecule has 0 atom stereocenters. The van der Waals surface area contributed by atoms with Gasteiger partial charge in [0.2, 0.25) is 0 Å². The molecule has 0 fully saturated rings. The van der Waals surface area contributed by atoms with Gasteiger partial charge in [-0.2, -0.15) is 0 Å². The smallest absolute Gasteiger partial charge is 0.137 e. The van der Waals surface area contributed by atoms with E-state index in [0.717, 1.165) is 39.4 Å². The van der Waals surface area contributed by atoms with Gasteiger partial charge in [0.05, 0.1) is 17.7 Å². The van der Waals surface area contributed by atoms with Gasteiger partial charge in [-0.15, -0.1) is 0 Å². The van der Waals surface area contributed by atoms with Gasteiger partial charge >= 0.3 is 0 Å². The Morgan fingerprint density at radius 2 is 1.13 bits per heavy atom. The van der Waals surface area contributed by atoms with Gasteiger partial charge in [0, 0.05) is 63.2 Å². The average molecular weight is 823 g/mol. The summed E-state index contributed by atoms with van der Waals surface area (Å²) in [6.45, 7) is 32.7. The van der Waals surface area contributed by atoms with E-state index in [-0.39, 0.29) is 27.1 Å². The minimum atomic E-state index is -0.183. The summed E-state index contributed by atoms with van der Waals surface area (Å²) in [6, 6.07) is 44.5. The van der Waals surface area contributed by atoms with Gasteiger partial charge in [-0.3, -0.25) is 4.57 Å². The molecule has 0 radical (unpaired) electrons. The first-order valence-electron chi connectivity index (χ1n) is 22.3. The Kier molecular flexibility index (Phi) is 10.5. The maximum atomic E-state index is 7.02. The highest BCUT2D eigenvalue weighted by Gasteiger charge is 2.33. The van der Waals surface area contributed by atoms with Crippen LogP contribution in [0.3, 0.4) is 0 Å². The standard InChI is InChI=1S/C57H66N4O/c1-53(2,3)39-21-18-22-43(29-39)59-36-51(56(10,11)12)60(37-59)44-30-42(55(7,8)9)31-46(34-44)62-45-24-25-47-48-32-41(57(13,14)38-19-16-15-17-20-38)23-26-49(48)61(50(47)35-45)52-33-40(27-28-58-52)54(4,5)6/h15-36H,37H2,1-14H3. The van der Waals surface area contributed by atoms with E-state index in [9.17, 15) is 0 Å². The van der Waals surface area contributed by atoms with E-state index in [4.69, 9.17) is 9.72 Å². The Morgan fingerprint density at radius 1 is 0.468 bits per heavy atom. The molecule has 0 aliphatic carbocycles. The van der Waals surface area contributed by atoms with Crippen molar-refractivity contribution in [2.24, 2.45) is 5.41 Å². The lowest BCUT2D eigenvalue weighted by Crippen LogP contribution is -2.31. The number of nitrogens with zero attached hydrogens (tertiary/aromatic N) is 4. The van der Waals surface area contributed by atoms with E-state index in [1.807, 2.05) is 6.20 Å². The van der Waals surface area contributed by atoms with Crippen LogP contribution < -0.4 is 14.5 Å². The van der Waals surface area contributed by atoms with Crippen LogP contribution >= 0.6 is 0 Å². The third kappa shape index (κ3) is 8.27. The number of hydrogen-bond donors (Lipinski definition) is 0. The molecule has 8 rings (SSSR count). The first kappa shape index (κ1) is 42.9. The minimum Gasteiger partial charge on any atom is -0.457 e. The molecule has 320 valence electrons. The molecule has 0 saturated carbocycles. The summed E-state index contributed by atoms with van der Waals surface area (Å²) in [5.74, 6) is 2.49. The van der Waals surface area contributed by atoms with Gasteiger partial charge in [-0.1, -0.05) is 145 Å². The molecule has 0 N–H and O–H groups in total. The summed E-state index contributed by atoms with van der Waals surface area (Å²) in [5, 5.41) is 2.36. The zero-order chi connectivity index (χ0) is 44.6. The Bertz CT molecular complexity index is 2810. The summed E-state index contributed by atoms with van der Waals surface area (Å²) in [4.78, 5) is 9.86.